The number of amides is 1. The first-order valence-corrected chi connectivity index (χ1v) is 15.5. The van der Waals surface area contributed by atoms with Crippen LogP contribution in [0.3, 0.4) is 0 Å². The average Bonchev–Trinajstić information content (AvgIpc) is 3.52. The molecular formula is C34H36F2N6O5. The van der Waals surface area contributed by atoms with Crippen molar-refractivity contribution in [3.05, 3.63) is 120 Å². The molecule has 1 aliphatic rings. The van der Waals surface area contributed by atoms with E-state index in [0.29, 0.717) is 68.0 Å². The molecule has 0 atom stereocenters. The second-order valence-corrected chi connectivity index (χ2v) is 11.2. The number of ether oxygens (including phenoxy) is 1. The van der Waals surface area contributed by atoms with Crippen molar-refractivity contribution in [2.75, 3.05) is 25.2 Å². The topological polar surface area (TPSA) is 121 Å². The number of unbranched alkanes of at least 4 members (excludes halogenated alkanes) is 1. The van der Waals surface area contributed by atoms with Crippen LogP contribution < -0.4 is 21.7 Å². The van der Waals surface area contributed by atoms with Gasteiger partial charge in [-0.1, -0.05) is 13.0 Å². The number of aryl methyl sites for hydroxylation is 1. The summed E-state index contributed by atoms with van der Waals surface area (Å²) in [5.74, 6) is -2.21. The number of aliphatic imine (C=N–C) groups is 1. The summed E-state index contributed by atoms with van der Waals surface area (Å²) in [4.78, 5) is 63.0. The number of fused-ring (bicyclic) bond motifs is 1. The Labute approximate surface area is 269 Å². The second-order valence-electron chi connectivity index (χ2n) is 11.2. The lowest BCUT2D eigenvalue weighted by molar-refractivity contribution is 0.0985. The van der Waals surface area contributed by atoms with Gasteiger partial charge in [-0.3, -0.25) is 28.4 Å². The first kappa shape index (κ1) is 33.3. The Morgan fingerprint density at radius 1 is 0.957 bits per heavy atom. The molecule has 0 N–H and O–H groups in total. The maximum Gasteiger partial charge on any atom is 0.332 e. The molecular weight excluding hydrogens is 610 g/mol. The highest BCUT2D eigenvalue weighted by molar-refractivity contribution is 6.07. The van der Waals surface area contributed by atoms with E-state index in [0.717, 1.165) is 12.1 Å². The summed E-state index contributed by atoms with van der Waals surface area (Å²) in [5.41, 5.74) is 0.593. The van der Waals surface area contributed by atoms with E-state index in [1.54, 1.807) is 42.1 Å². The number of halogens is 2. The lowest BCUT2D eigenvalue weighted by Gasteiger charge is -2.22. The number of hydrogen-bond acceptors (Lipinski definition) is 7. The third-order valence-electron chi connectivity index (χ3n) is 7.95. The zero-order valence-electron chi connectivity index (χ0n) is 26.3. The van der Waals surface area contributed by atoms with Gasteiger partial charge >= 0.3 is 5.69 Å². The Morgan fingerprint density at radius 3 is 2.49 bits per heavy atom. The van der Waals surface area contributed by atoms with Crippen LogP contribution in [0.2, 0.25) is 0 Å². The summed E-state index contributed by atoms with van der Waals surface area (Å²) < 4.78 is 37.1. The molecule has 246 valence electrons. The van der Waals surface area contributed by atoms with Gasteiger partial charge in [0, 0.05) is 75.9 Å². The highest BCUT2D eigenvalue weighted by Gasteiger charge is 2.27. The number of nitrogens with zero attached hydrogens (tertiary/aromatic N) is 6. The van der Waals surface area contributed by atoms with Gasteiger partial charge in [0.1, 0.15) is 11.6 Å². The Kier molecular flexibility index (Phi) is 10.7. The van der Waals surface area contributed by atoms with Crippen molar-refractivity contribution in [1.82, 2.24) is 18.7 Å². The molecule has 0 fully saturated rings. The van der Waals surface area contributed by atoms with Gasteiger partial charge in [-0.2, -0.15) is 0 Å². The summed E-state index contributed by atoms with van der Waals surface area (Å²) in [7, 11) is 1.60. The molecule has 5 rings (SSSR count). The van der Waals surface area contributed by atoms with Gasteiger partial charge in [0.05, 0.1) is 11.3 Å². The number of rotatable bonds is 14. The van der Waals surface area contributed by atoms with Crippen molar-refractivity contribution in [3.63, 3.8) is 0 Å². The van der Waals surface area contributed by atoms with Crippen molar-refractivity contribution in [2.45, 2.75) is 58.7 Å². The fourth-order valence-corrected chi connectivity index (χ4v) is 5.53. The first-order chi connectivity index (χ1) is 22.7. The predicted octanol–water partition coefficient (Wildman–Crippen LogP) is 4.10. The molecule has 47 heavy (non-hydrogen) atoms. The SMILES string of the molecule is CCCn1c2c(c(=O)n(CCCCOC)c1=O)CC(c1ccc(N(CCCn3ccccc3=O)C(=O)c3ccc(F)c(F)c3)nc1)=N2. The van der Waals surface area contributed by atoms with E-state index >= 15 is 0 Å². The van der Waals surface area contributed by atoms with E-state index in [-0.39, 0.29) is 42.0 Å². The summed E-state index contributed by atoms with van der Waals surface area (Å²) in [5, 5.41) is 0. The van der Waals surface area contributed by atoms with Gasteiger partial charge in [-0.05, 0) is 62.1 Å². The molecule has 11 nitrogen and oxygen atoms in total. The molecule has 13 heteroatoms. The van der Waals surface area contributed by atoms with Crippen molar-refractivity contribution in [1.29, 1.82) is 0 Å². The summed E-state index contributed by atoms with van der Waals surface area (Å²) in [6.07, 6.45) is 5.77. The van der Waals surface area contributed by atoms with Crippen LogP contribution >= 0.6 is 0 Å². The van der Waals surface area contributed by atoms with Crippen LogP contribution in [0.5, 0.6) is 0 Å². The Morgan fingerprint density at radius 2 is 1.79 bits per heavy atom. The zero-order valence-corrected chi connectivity index (χ0v) is 26.3. The number of carbonyl (C=O) groups is 1. The number of anilines is 1. The largest absolute Gasteiger partial charge is 0.385 e. The monoisotopic (exact) mass is 646 g/mol. The van der Waals surface area contributed by atoms with Crippen molar-refractivity contribution in [2.24, 2.45) is 4.99 Å². The average molecular weight is 647 g/mol. The van der Waals surface area contributed by atoms with Gasteiger partial charge in [-0.15, -0.1) is 0 Å². The van der Waals surface area contributed by atoms with E-state index < -0.39 is 23.2 Å². The van der Waals surface area contributed by atoms with E-state index in [1.165, 1.54) is 32.4 Å². The van der Waals surface area contributed by atoms with E-state index in [2.05, 4.69) is 4.98 Å². The van der Waals surface area contributed by atoms with Gasteiger partial charge in [-0.25, -0.2) is 23.6 Å². The minimum absolute atomic E-state index is 0.0605. The van der Waals surface area contributed by atoms with Crippen LogP contribution in [0.25, 0.3) is 0 Å². The molecule has 0 spiro atoms. The van der Waals surface area contributed by atoms with Crippen molar-refractivity contribution in [3.8, 4) is 0 Å². The predicted molar refractivity (Wildman–Crippen MR) is 174 cm³/mol. The molecule has 1 aliphatic heterocycles. The molecule has 0 bridgehead atoms. The number of pyridine rings is 2. The highest BCUT2D eigenvalue weighted by atomic mass is 19.2. The van der Waals surface area contributed by atoms with Crippen LogP contribution in [-0.4, -0.2) is 50.6 Å². The van der Waals surface area contributed by atoms with E-state index in [4.69, 9.17) is 9.73 Å². The molecule has 0 saturated carbocycles. The molecule has 4 heterocycles. The van der Waals surface area contributed by atoms with Gasteiger partial charge in [0.25, 0.3) is 11.5 Å². The molecule has 0 unspecified atom stereocenters. The zero-order chi connectivity index (χ0) is 33.5. The van der Waals surface area contributed by atoms with Crippen molar-refractivity contribution < 1.29 is 18.3 Å². The standard InChI is InChI=1S/C34H36F2N6O5/c1-3-14-41-31-25(33(45)42(34(41)46)17-6-7-19-47-2)21-28(38-31)24-11-13-29(37-22-24)40(18-8-16-39-15-5-4-9-30(39)43)32(44)23-10-12-26(35)27(36)20-23/h4-5,9-13,15,20,22H,3,6-8,14,16-19,21H2,1-2H3. The van der Waals surface area contributed by atoms with Crippen LogP contribution in [0.4, 0.5) is 20.4 Å². The van der Waals surface area contributed by atoms with Gasteiger partial charge in [0.2, 0.25) is 5.56 Å². The lowest BCUT2D eigenvalue weighted by atomic mass is 10.1. The summed E-state index contributed by atoms with van der Waals surface area (Å²) in [6.45, 7) is 3.62. The molecule has 1 amide bonds. The third-order valence-corrected chi connectivity index (χ3v) is 7.95. The van der Waals surface area contributed by atoms with Gasteiger partial charge in [0.15, 0.2) is 11.6 Å². The van der Waals surface area contributed by atoms with Gasteiger partial charge < -0.3 is 9.30 Å². The molecule has 4 aromatic rings. The summed E-state index contributed by atoms with van der Waals surface area (Å²) >= 11 is 0. The number of methoxy groups -OCH3 is 1. The first-order valence-electron chi connectivity index (χ1n) is 15.5. The second kappa shape index (κ2) is 15.0. The molecule has 0 aliphatic carbocycles. The fraction of sp³-hybridized carbons (Fsp3) is 0.353. The number of hydrogen-bond donors (Lipinski definition) is 0. The Bertz CT molecular complexity index is 1970. The van der Waals surface area contributed by atoms with E-state index in [9.17, 15) is 28.0 Å². The maximum atomic E-state index is 14.0. The van der Waals surface area contributed by atoms with Crippen molar-refractivity contribution >= 4 is 23.3 Å². The smallest absolute Gasteiger partial charge is 0.332 e. The Balaban J connectivity index is 1.42. The van der Waals surface area contributed by atoms with Crippen LogP contribution in [0.1, 0.15) is 54.1 Å². The Hall–Kier alpha value is -5.04. The normalized spacial score (nSPS) is 12.2. The number of carbonyl (C=O) groups excluding carboxylic acids is 1. The minimum Gasteiger partial charge on any atom is -0.385 e. The lowest BCUT2D eigenvalue weighted by Crippen LogP contribution is -2.41. The quantitative estimate of drug-likeness (QED) is 0.190. The molecule has 0 saturated heterocycles. The number of benzene rings is 1. The summed E-state index contributed by atoms with van der Waals surface area (Å²) in [6, 6.07) is 11.1. The van der Waals surface area contributed by atoms with Crippen LogP contribution in [0, 0.1) is 11.6 Å². The maximum absolute atomic E-state index is 14.0. The van der Waals surface area contributed by atoms with E-state index in [1.807, 2.05) is 6.92 Å². The highest BCUT2D eigenvalue weighted by Crippen LogP contribution is 2.26. The van der Waals surface area contributed by atoms with Crippen LogP contribution in [-0.2, 0) is 30.8 Å². The minimum atomic E-state index is -1.15. The molecule has 3 aromatic heterocycles. The molecule has 1 aromatic carbocycles. The molecule has 0 radical (unpaired) electrons. The van der Waals surface area contributed by atoms with Crippen LogP contribution in [0.15, 0.2) is 80.3 Å². The third kappa shape index (κ3) is 7.35. The fourth-order valence-electron chi connectivity index (χ4n) is 5.53. The number of aromatic nitrogens is 4.